The average molecular weight is 391 g/mol. The van der Waals surface area contributed by atoms with Crippen molar-refractivity contribution in [1.29, 1.82) is 0 Å². The fourth-order valence-electron chi connectivity index (χ4n) is 3.88. The molecule has 0 radical (unpaired) electrons. The number of pyridine rings is 1. The number of aromatic nitrogens is 2. The van der Waals surface area contributed by atoms with Gasteiger partial charge in [0.1, 0.15) is 5.82 Å². The highest BCUT2D eigenvalue weighted by Crippen LogP contribution is 2.33. The van der Waals surface area contributed by atoms with Crippen LogP contribution in [0.4, 0.5) is 5.82 Å². The zero-order chi connectivity index (χ0) is 19.1. The van der Waals surface area contributed by atoms with Gasteiger partial charge in [0.2, 0.25) is 0 Å². The second-order valence-electron chi connectivity index (χ2n) is 6.95. The number of nitrogens with zero attached hydrogens (tertiary/aromatic N) is 3. The molecule has 5 nitrogen and oxygen atoms in total. The lowest BCUT2D eigenvalue weighted by atomic mass is 10.1. The molecular formula is C22H19ClN4O. The first-order valence-electron chi connectivity index (χ1n) is 9.38. The highest BCUT2D eigenvalue weighted by atomic mass is 35.5. The van der Waals surface area contributed by atoms with Crippen LogP contribution in [0.15, 0.2) is 60.8 Å². The Labute approximate surface area is 167 Å². The van der Waals surface area contributed by atoms with Crippen LogP contribution in [0.2, 0.25) is 5.02 Å². The van der Waals surface area contributed by atoms with Gasteiger partial charge >= 0.3 is 0 Å². The van der Waals surface area contributed by atoms with E-state index in [1.165, 1.54) is 0 Å². The van der Waals surface area contributed by atoms with Gasteiger partial charge in [-0.15, -0.1) is 0 Å². The third-order valence-electron chi connectivity index (χ3n) is 5.22. The highest BCUT2D eigenvalue weighted by molar-refractivity contribution is 6.31. The van der Waals surface area contributed by atoms with Gasteiger partial charge in [-0.2, -0.15) is 0 Å². The van der Waals surface area contributed by atoms with Gasteiger partial charge in [-0.05, 0) is 30.3 Å². The standard InChI is InChI=1S/C22H19ClN4O/c23-16-5-3-4-15(14-16)22(28)27-11-8-18-20(27)17-6-1-2-7-19(17)25-21(18)26-12-9-24-10-13-26/h1-8,11,14,24H,9-10,12-13H2. The molecule has 140 valence electrons. The molecular weight excluding hydrogens is 372 g/mol. The maximum absolute atomic E-state index is 13.3. The summed E-state index contributed by atoms with van der Waals surface area (Å²) in [4.78, 5) is 20.5. The van der Waals surface area contributed by atoms with Gasteiger partial charge in [0.05, 0.1) is 11.0 Å². The maximum atomic E-state index is 13.3. The first-order chi connectivity index (χ1) is 13.7. The second-order valence-corrected chi connectivity index (χ2v) is 7.39. The van der Waals surface area contributed by atoms with E-state index in [0.717, 1.165) is 53.8 Å². The van der Waals surface area contributed by atoms with Crippen LogP contribution in [0.5, 0.6) is 0 Å². The van der Waals surface area contributed by atoms with E-state index in [1.807, 2.05) is 36.5 Å². The molecule has 1 fully saturated rings. The van der Waals surface area contributed by atoms with Crippen LogP contribution in [0.25, 0.3) is 21.8 Å². The van der Waals surface area contributed by atoms with Crippen LogP contribution in [0, 0.1) is 0 Å². The summed E-state index contributed by atoms with van der Waals surface area (Å²) in [6, 6.07) is 17.0. The summed E-state index contributed by atoms with van der Waals surface area (Å²) in [6.07, 6.45) is 1.84. The van der Waals surface area contributed by atoms with E-state index in [4.69, 9.17) is 16.6 Å². The number of benzene rings is 2. The van der Waals surface area contributed by atoms with Crippen molar-refractivity contribution < 1.29 is 4.79 Å². The van der Waals surface area contributed by atoms with E-state index in [1.54, 1.807) is 28.8 Å². The molecule has 1 aliphatic heterocycles. The molecule has 0 aliphatic carbocycles. The van der Waals surface area contributed by atoms with E-state index in [0.29, 0.717) is 10.6 Å². The number of rotatable bonds is 2. The summed E-state index contributed by atoms with van der Waals surface area (Å²) >= 11 is 6.11. The number of hydrogen-bond acceptors (Lipinski definition) is 4. The van der Waals surface area contributed by atoms with E-state index in [-0.39, 0.29) is 5.91 Å². The minimum atomic E-state index is -0.0971. The fourth-order valence-corrected chi connectivity index (χ4v) is 4.07. The smallest absolute Gasteiger partial charge is 0.262 e. The molecule has 1 aliphatic rings. The Balaban J connectivity index is 1.75. The Bertz CT molecular complexity index is 1190. The van der Waals surface area contributed by atoms with Crippen molar-refractivity contribution in [2.45, 2.75) is 0 Å². The minimum absolute atomic E-state index is 0.0971. The first-order valence-corrected chi connectivity index (χ1v) is 9.76. The number of nitrogens with one attached hydrogen (secondary N) is 1. The predicted molar refractivity (Wildman–Crippen MR) is 114 cm³/mol. The predicted octanol–water partition coefficient (Wildman–Crippen LogP) is 3.94. The summed E-state index contributed by atoms with van der Waals surface area (Å²) in [5.74, 6) is 0.841. The lowest BCUT2D eigenvalue weighted by molar-refractivity contribution is 0.0965. The normalized spacial score (nSPS) is 14.7. The van der Waals surface area contributed by atoms with Crippen molar-refractivity contribution in [3.8, 4) is 0 Å². The SMILES string of the molecule is O=C(c1cccc(Cl)c1)n1ccc2c(N3CCNCC3)nc3ccccc3c21. The summed E-state index contributed by atoms with van der Waals surface area (Å²) < 4.78 is 1.72. The van der Waals surface area contributed by atoms with Crippen LogP contribution in [-0.2, 0) is 0 Å². The molecule has 2 aromatic heterocycles. The average Bonchev–Trinajstić information content (AvgIpc) is 3.19. The lowest BCUT2D eigenvalue weighted by Crippen LogP contribution is -2.44. The molecule has 28 heavy (non-hydrogen) atoms. The number of halogens is 1. The molecule has 0 amide bonds. The number of piperazine rings is 1. The number of hydrogen-bond donors (Lipinski definition) is 1. The van der Waals surface area contributed by atoms with Gasteiger partial charge in [0.15, 0.2) is 0 Å². The topological polar surface area (TPSA) is 50.2 Å². The fraction of sp³-hybridized carbons (Fsp3) is 0.182. The van der Waals surface area contributed by atoms with Gasteiger partial charge in [-0.3, -0.25) is 9.36 Å². The number of fused-ring (bicyclic) bond motifs is 3. The van der Waals surface area contributed by atoms with Crippen molar-refractivity contribution >= 4 is 45.1 Å². The molecule has 0 atom stereocenters. The zero-order valence-corrected chi connectivity index (χ0v) is 16.0. The molecule has 1 saturated heterocycles. The van der Waals surface area contributed by atoms with Gasteiger partial charge < -0.3 is 10.2 Å². The molecule has 0 bridgehead atoms. The molecule has 6 heteroatoms. The van der Waals surface area contributed by atoms with Gasteiger partial charge in [0.25, 0.3) is 5.91 Å². The Morgan fingerprint density at radius 2 is 1.82 bits per heavy atom. The number of para-hydroxylation sites is 1. The summed E-state index contributed by atoms with van der Waals surface area (Å²) in [5, 5.41) is 5.90. The molecule has 2 aromatic carbocycles. The summed E-state index contributed by atoms with van der Waals surface area (Å²) in [5.41, 5.74) is 2.35. The maximum Gasteiger partial charge on any atom is 0.262 e. The van der Waals surface area contributed by atoms with Crippen LogP contribution < -0.4 is 10.2 Å². The van der Waals surface area contributed by atoms with Crippen LogP contribution in [0.3, 0.4) is 0 Å². The van der Waals surface area contributed by atoms with E-state index >= 15 is 0 Å². The third-order valence-corrected chi connectivity index (χ3v) is 5.45. The van der Waals surface area contributed by atoms with Crippen molar-refractivity contribution in [3.05, 3.63) is 71.4 Å². The van der Waals surface area contributed by atoms with Crippen LogP contribution in [-0.4, -0.2) is 41.6 Å². The molecule has 5 rings (SSSR count). The van der Waals surface area contributed by atoms with Gasteiger partial charge in [-0.1, -0.05) is 35.9 Å². The molecule has 0 spiro atoms. The monoisotopic (exact) mass is 390 g/mol. The van der Waals surface area contributed by atoms with E-state index in [2.05, 4.69) is 10.2 Å². The summed E-state index contributed by atoms with van der Waals surface area (Å²) in [6.45, 7) is 3.65. The molecule has 0 unspecified atom stereocenters. The van der Waals surface area contributed by atoms with Crippen molar-refractivity contribution in [1.82, 2.24) is 14.9 Å². The summed E-state index contributed by atoms with van der Waals surface area (Å²) in [7, 11) is 0. The largest absolute Gasteiger partial charge is 0.353 e. The Morgan fingerprint density at radius 3 is 2.64 bits per heavy atom. The van der Waals surface area contributed by atoms with Crippen molar-refractivity contribution in [2.24, 2.45) is 0 Å². The van der Waals surface area contributed by atoms with Gasteiger partial charge in [0, 0.05) is 53.7 Å². The van der Waals surface area contributed by atoms with E-state index < -0.39 is 0 Å². The quantitative estimate of drug-likeness (QED) is 0.563. The van der Waals surface area contributed by atoms with Crippen molar-refractivity contribution in [2.75, 3.05) is 31.1 Å². The van der Waals surface area contributed by atoms with Crippen LogP contribution in [0.1, 0.15) is 10.4 Å². The Hall–Kier alpha value is -2.89. The van der Waals surface area contributed by atoms with Gasteiger partial charge in [-0.25, -0.2) is 4.98 Å². The number of carbonyl (C=O) groups is 1. The number of anilines is 1. The Morgan fingerprint density at radius 1 is 1.00 bits per heavy atom. The zero-order valence-electron chi connectivity index (χ0n) is 15.2. The highest BCUT2D eigenvalue weighted by Gasteiger charge is 2.21. The Kier molecular flexibility index (Phi) is 4.26. The van der Waals surface area contributed by atoms with E-state index in [9.17, 15) is 4.79 Å². The second kappa shape index (κ2) is 6.93. The van der Waals surface area contributed by atoms with Crippen molar-refractivity contribution in [3.63, 3.8) is 0 Å². The lowest BCUT2D eigenvalue weighted by Gasteiger charge is -2.29. The molecule has 0 saturated carbocycles. The third kappa shape index (κ3) is 2.84. The molecule has 1 N–H and O–H groups in total. The number of carbonyl (C=O) groups excluding carboxylic acids is 1. The molecule has 4 aromatic rings. The first kappa shape index (κ1) is 17.2. The minimum Gasteiger partial charge on any atom is -0.353 e. The van der Waals surface area contributed by atoms with Crippen LogP contribution >= 0.6 is 11.6 Å². The molecule has 3 heterocycles.